The number of halogens is 1. The van der Waals surface area contributed by atoms with Gasteiger partial charge in [0.25, 0.3) is 0 Å². The number of para-hydroxylation sites is 1. The molecule has 0 unspecified atom stereocenters. The lowest BCUT2D eigenvalue weighted by molar-refractivity contribution is -0.136. The fourth-order valence-electron chi connectivity index (χ4n) is 2.98. The third-order valence-corrected chi connectivity index (χ3v) is 4.30. The Morgan fingerprint density at radius 1 is 1.27 bits per heavy atom. The number of piperidine rings is 1. The number of likely N-dealkylation sites (tertiary alicyclic amines) is 1. The van der Waals surface area contributed by atoms with E-state index in [4.69, 9.17) is 4.74 Å². The standard InChI is InChI=1S/C18H24FN3O4/c1-3-26-18(25)21-10-8-14(9-11-21)22(13(2)23)12-17(24)20-16-7-5-4-6-15(16)19/h4-7,14H,3,8-12H2,1-2H3,(H,20,24). The topological polar surface area (TPSA) is 79.0 Å². The van der Waals surface area contributed by atoms with Crippen LogP contribution in [0.25, 0.3) is 0 Å². The molecule has 1 aromatic rings. The first kappa shape index (κ1) is 19.7. The predicted octanol–water partition coefficient (Wildman–Crippen LogP) is 2.23. The summed E-state index contributed by atoms with van der Waals surface area (Å²) in [6.45, 7) is 4.22. The van der Waals surface area contributed by atoms with Crippen LogP contribution < -0.4 is 5.32 Å². The molecule has 0 bridgehead atoms. The third-order valence-electron chi connectivity index (χ3n) is 4.30. The van der Waals surface area contributed by atoms with Crippen molar-refractivity contribution in [3.05, 3.63) is 30.1 Å². The van der Waals surface area contributed by atoms with Crippen LogP contribution >= 0.6 is 0 Å². The van der Waals surface area contributed by atoms with Crippen molar-refractivity contribution in [1.82, 2.24) is 9.80 Å². The van der Waals surface area contributed by atoms with Gasteiger partial charge in [0, 0.05) is 26.1 Å². The van der Waals surface area contributed by atoms with Crippen molar-refractivity contribution in [3.63, 3.8) is 0 Å². The van der Waals surface area contributed by atoms with Gasteiger partial charge in [-0.2, -0.15) is 0 Å². The molecule has 0 saturated carbocycles. The predicted molar refractivity (Wildman–Crippen MR) is 94.0 cm³/mol. The lowest BCUT2D eigenvalue weighted by Crippen LogP contribution is -2.50. The van der Waals surface area contributed by atoms with Crippen molar-refractivity contribution in [2.75, 3.05) is 31.6 Å². The van der Waals surface area contributed by atoms with Gasteiger partial charge in [-0.3, -0.25) is 9.59 Å². The number of amides is 3. The van der Waals surface area contributed by atoms with E-state index in [1.54, 1.807) is 17.9 Å². The van der Waals surface area contributed by atoms with E-state index in [0.717, 1.165) is 0 Å². The first-order valence-electron chi connectivity index (χ1n) is 8.65. The Balaban J connectivity index is 1.93. The molecule has 7 nitrogen and oxygen atoms in total. The summed E-state index contributed by atoms with van der Waals surface area (Å²) in [6, 6.07) is 5.72. The highest BCUT2D eigenvalue weighted by Gasteiger charge is 2.30. The zero-order valence-corrected chi connectivity index (χ0v) is 15.0. The van der Waals surface area contributed by atoms with E-state index in [0.29, 0.717) is 32.5 Å². The molecule has 0 aromatic heterocycles. The molecule has 0 radical (unpaired) electrons. The quantitative estimate of drug-likeness (QED) is 0.868. The fraction of sp³-hybridized carbons (Fsp3) is 0.500. The molecule has 1 N–H and O–H groups in total. The Morgan fingerprint density at radius 2 is 1.92 bits per heavy atom. The molecule has 1 heterocycles. The number of hydrogen-bond donors (Lipinski definition) is 1. The van der Waals surface area contributed by atoms with Gasteiger partial charge < -0.3 is 19.9 Å². The minimum Gasteiger partial charge on any atom is -0.450 e. The average Bonchev–Trinajstić information content (AvgIpc) is 2.62. The molecule has 1 aliphatic rings. The van der Waals surface area contributed by atoms with Gasteiger partial charge in [0.05, 0.1) is 12.3 Å². The molecule has 0 atom stereocenters. The van der Waals surface area contributed by atoms with Gasteiger partial charge in [0.1, 0.15) is 12.4 Å². The second kappa shape index (κ2) is 9.17. The van der Waals surface area contributed by atoms with Gasteiger partial charge in [-0.1, -0.05) is 12.1 Å². The van der Waals surface area contributed by atoms with Crippen molar-refractivity contribution < 1.29 is 23.5 Å². The monoisotopic (exact) mass is 365 g/mol. The maximum absolute atomic E-state index is 13.6. The van der Waals surface area contributed by atoms with Crippen molar-refractivity contribution in [2.24, 2.45) is 0 Å². The molecule has 2 rings (SSSR count). The van der Waals surface area contributed by atoms with E-state index in [1.807, 2.05) is 0 Å². The van der Waals surface area contributed by atoms with E-state index in [2.05, 4.69) is 5.32 Å². The molecule has 1 fully saturated rings. The largest absolute Gasteiger partial charge is 0.450 e. The van der Waals surface area contributed by atoms with Crippen LogP contribution in [0, 0.1) is 5.82 Å². The number of benzene rings is 1. The van der Waals surface area contributed by atoms with Crippen molar-refractivity contribution in [3.8, 4) is 0 Å². The number of ether oxygens (including phenoxy) is 1. The molecule has 0 aliphatic carbocycles. The number of nitrogens with zero attached hydrogens (tertiary/aromatic N) is 2. The van der Waals surface area contributed by atoms with E-state index in [9.17, 15) is 18.8 Å². The second-order valence-corrected chi connectivity index (χ2v) is 6.09. The number of carbonyl (C=O) groups is 3. The number of rotatable bonds is 5. The lowest BCUT2D eigenvalue weighted by Gasteiger charge is -2.37. The summed E-state index contributed by atoms with van der Waals surface area (Å²) >= 11 is 0. The van der Waals surface area contributed by atoms with Crippen LogP contribution in [-0.2, 0) is 14.3 Å². The Labute approximate surface area is 152 Å². The van der Waals surface area contributed by atoms with Crippen LogP contribution in [0.3, 0.4) is 0 Å². The van der Waals surface area contributed by atoms with Crippen LogP contribution in [0.5, 0.6) is 0 Å². The highest BCUT2D eigenvalue weighted by atomic mass is 19.1. The molecule has 1 saturated heterocycles. The number of anilines is 1. The molecule has 0 spiro atoms. The minimum atomic E-state index is -0.530. The summed E-state index contributed by atoms with van der Waals surface area (Å²) in [7, 11) is 0. The normalized spacial score (nSPS) is 14.7. The summed E-state index contributed by atoms with van der Waals surface area (Å²) in [5.41, 5.74) is 0.0816. The second-order valence-electron chi connectivity index (χ2n) is 6.09. The van der Waals surface area contributed by atoms with Gasteiger partial charge in [0.2, 0.25) is 11.8 Å². The van der Waals surface area contributed by atoms with Gasteiger partial charge in [-0.25, -0.2) is 9.18 Å². The van der Waals surface area contributed by atoms with E-state index in [1.165, 1.54) is 30.0 Å². The summed E-state index contributed by atoms with van der Waals surface area (Å²) < 4.78 is 18.6. The van der Waals surface area contributed by atoms with Crippen molar-refractivity contribution in [2.45, 2.75) is 32.7 Å². The van der Waals surface area contributed by atoms with Gasteiger partial charge in [0.15, 0.2) is 0 Å². The fourth-order valence-corrected chi connectivity index (χ4v) is 2.98. The molecule has 26 heavy (non-hydrogen) atoms. The Kier molecular flexibility index (Phi) is 6.94. The molecule has 142 valence electrons. The number of hydrogen-bond acceptors (Lipinski definition) is 4. The molecule has 1 aliphatic heterocycles. The van der Waals surface area contributed by atoms with E-state index >= 15 is 0 Å². The van der Waals surface area contributed by atoms with Crippen LogP contribution in [-0.4, -0.2) is 60.0 Å². The van der Waals surface area contributed by atoms with Gasteiger partial charge in [-0.15, -0.1) is 0 Å². The van der Waals surface area contributed by atoms with Crippen LogP contribution in [0.2, 0.25) is 0 Å². The molecule has 3 amide bonds. The van der Waals surface area contributed by atoms with Crippen LogP contribution in [0.4, 0.5) is 14.9 Å². The molecular weight excluding hydrogens is 341 g/mol. The molecule has 1 aromatic carbocycles. The first-order chi connectivity index (χ1) is 12.4. The van der Waals surface area contributed by atoms with Gasteiger partial charge in [-0.05, 0) is 31.9 Å². The molecule has 8 heteroatoms. The smallest absolute Gasteiger partial charge is 0.409 e. The highest BCUT2D eigenvalue weighted by molar-refractivity contribution is 5.94. The Hall–Kier alpha value is -2.64. The molecular formula is C18H24FN3O4. The van der Waals surface area contributed by atoms with Crippen molar-refractivity contribution in [1.29, 1.82) is 0 Å². The average molecular weight is 365 g/mol. The zero-order chi connectivity index (χ0) is 19.1. The SMILES string of the molecule is CCOC(=O)N1CCC(N(CC(=O)Nc2ccccc2F)C(C)=O)CC1. The summed E-state index contributed by atoms with van der Waals surface area (Å²) in [5.74, 6) is -1.22. The van der Waals surface area contributed by atoms with Gasteiger partial charge >= 0.3 is 6.09 Å². The number of carbonyl (C=O) groups excluding carboxylic acids is 3. The first-order valence-corrected chi connectivity index (χ1v) is 8.65. The Bertz CT molecular complexity index is 660. The lowest BCUT2D eigenvalue weighted by atomic mass is 10.0. The summed E-state index contributed by atoms with van der Waals surface area (Å²) in [5, 5.41) is 2.49. The van der Waals surface area contributed by atoms with Crippen molar-refractivity contribution >= 4 is 23.6 Å². The maximum Gasteiger partial charge on any atom is 0.409 e. The highest BCUT2D eigenvalue weighted by Crippen LogP contribution is 2.18. The zero-order valence-electron chi connectivity index (χ0n) is 15.0. The number of nitrogens with one attached hydrogen (secondary N) is 1. The summed E-state index contributed by atoms with van der Waals surface area (Å²) in [4.78, 5) is 39.0. The minimum absolute atomic E-state index is 0.0816. The van der Waals surface area contributed by atoms with Crippen LogP contribution in [0.1, 0.15) is 26.7 Å². The summed E-state index contributed by atoms with van der Waals surface area (Å²) in [6.07, 6.45) is 0.758. The van der Waals surface area contributed by atoms with E-state index < -0.39 is 11.7 Å². The third kappa shape index (κ3) is 5.18. The van der Waals surface area contributed by atoms with E-state index in [-0.39, 0.29) is 30.3 Å². The van der Waals surface area contributed by atoms with Crippen LogP contribution in [0.15, 0.2) is 24.3 Å². The maximum atomic E-state index is 13.6. The Morgan fingerprint density at radius 3 is 2.50 bits per heavy atom.